The first kappa shape index (κ1) is 23.4. The first-order valence-corrected chi connectivity index (χ1v) is 11.6. The maximum Gasteiger partial charge on any atom is 0.193 e. The quantitative estimate of drug-likeness (QED) is 0.349. The lowest BCUT2D eigenvalue weighted by Gasteiger charge is -2.35. The van der Waals surface area contributed by atoms with Crippen LogP contribution in [0.15, 0.2) is 4.99 Å². The number of guanidine groups is 1. The van der Waals surface area contributed by atoms with Crippen molar-refractivity contribution < 1.29 is 9.47 Å². The van der Waals surface area contributed by atoms with Crippen molar-refractivity contribution in [1.29, 1.82) is 0 Å². The maximum atomic E-state index is 6.15. The van der Waals surface area contributed by atoms with E-state index in [4.69, 9.17) is 14.5 Å². The number of likely N-dealkylation sites (tertiary alicyclic amines) is 1. The number of piperidine rings is 1. The van der Waals surface area contributed by atoms with E-state index in [1.54, 1.807) is 0 Å². The van der Waals surface area contributed by atoms with E-state index in [0.29, 0.717) is 18.2 Å². The Bertz CT molecular complexity index is 430. The van der Waals surface area contributed by atoms with Crippen LogP contribution in [0, 0.1) is 0 Å². The molecule has 6 nitrogen and oxygen atoms in total. The Labute approximate surface area is 173 Å². The average Bonchev–Trinajstić information content (AvgIpc) is 2.72. The smallest absolute Gasteiger partial charge is 0.193 e. The molecule has 0 aromatic heterocycles. The molecule has 6 heteroatoms. The second kappa shape index (κ2) is 13.4. The number of rotatable bonds is 10. The van der Waals surface area contributed by atoms with Crippen molar-refractivity contribution in [2.45, 2.75) is 84.0 Å². The third-order valence-corrected chi connectivity index (χ3v) is 5.93. The van der Waals surface area contributed by atoms with Crippen LogP contribution in [0.2, 0.25) is 0 Å². The molecule has 1 atom stereocenters. The van der Waals surface area contributed by atoms with Gasteiger partial charge in [0.1, 0.15) is 0 Å². The lowest BCUT2D eigenvalue weighted by molar-refractivity contribution is -0.0721. The second-order valence-corrected chi connectivity index (χ2v) is 8.53. The zero-order valence-electron chi connectivity index (χ0n) is 18.8. The Hall–Kier alpha value is -0.850. The van der Waals surface area contributed by atoms with Crippen LogP contribution in [0.5, 0.6) is 0 Å². The molecule has 2 rings (SSSR count). The summed E-state index contributed by atoms with van der Waals surface area (Å²) in [5, 5.41) is 3.47. The second-order valence-electron chi connectivity index (χ2n) is 8.53. The number of ether oxygens (including phenoxy) is 2. The van der Waals surface area contributed by atoms with Gasteiger partial charge < -0.3 is 24.6 Å². The maximum absolute atomic E-state index is 6.15. The van der Waals surface area contributed by atoms with Crippen molar-refractivity contribution in [2.75, 3.05) is 53.0 Å². The molecule has 28 heavy (non-hydrogen) atoms. The summed E-state index contributed by atoms with van der Waals surface area (Å²) in [7, 11) is 2.20. The number of hydrogen-bond donors (Lipinski definition) is 1. The van der Waals surface area contributed by atoms with Gasteiger partial charge in [-0.3, -0.25) is 4.99 Å². The molecule has 0 saturated carbocycles. The predicted molar refractivity (Wildman–Crippen MR) is 117 cm³/mol. The largest absolute Gasteiger partial charge is 0.376 e. The zero-order valence-corrected chi connectivity index (χ0v) is 18.8. The Morgan fingerprint density at radius 2 is 2.00 bits per heavy atom. The Balaban J connectivity index is 1.66. The molecule has 2 fully saturated rings. The highest BCUT2D eigenvalue weighted by Gasteiger charge is 2.23. The highest BCUT2D eigenvalue weighted by molar-refractivity contribution is 5.80. The fraction of sp³-hybridized carbons (Fsp3) is 0.955. The van der Waals surface area contributed by atoms with Gasteiger partial charge in [0, 0.05) is 38.8 Å². The molecule has 0 aliphatic carbocycles. The van der Waals surface area contributed by atoms with Crippen molar-refractivity contribution in [3.05, 3.63) is 0 Å². The molecule has 0 aromatic rings. The lowest BCUT2D eigenvalue weighted by Crippen LogP contribution is -2.47. The van der Waals surface area contributed by atoms with Crippen molar-refractivity contribution in [1.82, 2.24) is 15.1 Å². The summed E-state index contributed by atoms with van der Waals surface area (Å²) >= 11 is 0. The Kier molecular flexibility index (Phi) is 11.2. The van der Waals surface area contributed by atoms with Crippen LogP contribution in [0.4, 0.5) is 0 Å². The number of hydrogen-bond acceptors (Lipinski definition) is 4. The summed E-state index contributed by atoms with van der Waals surface area (Å²) in [6.45, 7) is 13.3. The number of nitrogens with one attached hydrogen (secondary N) is 1. The van der Waals surface area contributed by atoms with Crippen molar-refractivity contribution >= 4 is 5.96 Å². The van der Waals surface area contributed by atoms with Gasteiger partial charge in [0.15, 0.2) is 5.96 Å². The summed E-state index contributed by atoms with van der Waals surface area (Å²) in [6.07, 6.45) is 8.84. The van der Waals surface area contributed by atoms with Gasteiger partial charge in [0.25, 0.3) is 0 Å². The minimum atomic E-state index is 0.320. The molecule has 2 heterocycles. The van der Waals surface area contributed by atoms with Gasteiger partial charge in [0.05, 0.1) is 18.8 Å². The molecule has 0 amide bonds. The van der Waals surface area contributed by atoms with Gasteiger partial charge in [0.2, 0.25) is 0 Å². The minimum absolute atomic E-state index is 0.320. The van der Waals surface area contributed by atoms with Crippen LogP contribution in [0.3, 0.4) is 0 Å². The van der Waals surface area contributed by atoms with Crippen molar-refractivity contribution in [3.63, 3.8) is 0 Å². The van der Waals surface area contributed by atoms with E-state index in [-0.39, 0.29) is 0 Å². The average molecular weight is 397 g/mol. The normalized spacial score (nSPS) is 22.3. The summed E-state index contributed by atoms with van der Waals surface area (Å²) < 4.78 is 11.9. The monoisotopic (exact) mass is 396 g/mol. The van der Waals surface area contributed by atoms with Gasteiger partial charge in [-0.2, -0.15) is 0 Å². The minimum Gasteiger partial charge on any atom is -0.376 e. The van der Waals surface area contributed by atoms with Crippen LogP contribution >= 0.6 is 0 Å². The van der Waals surface area contributed by atoms with Gasteiger partial charge >= 0.3 is 0 Å². The lowest BCUT2D eigenvalue weighted by atomic mass is 10.1. The Morgan fingerprint density at radius 3 is 2.64 bits per heavy atom. The third kappa shape index (κ3) is 8.66. The summed E-state index contributed by atoms with van der Waals surface area (Å²) in [4.78, 5) is 9.68. The summed E-state index contributed by atoms with van der Waals surface area (Å²) in [5.41, 5.74) is 0. The van der Waals surface area contributed by atoms with Crippen LogP contribution in [0.1, 0.15) is 65.7 Å². The first-order chi connectivity index (χ1) is 13.6. The summed E-state index contributed by atoms with van der Waals surface area (Å²) in [6, 6.07) is 0.619. The van der Waals surface area contributed by atoms with Crippen LogP contribution in [-0.4, -0.2) is 87.0 Å². The molecule has 2 aliphatic rings. The molecule has 0 radical (unpaired) electrons. The van der Waals surface area contributed by atoms with E-state index in [2.05, 4.69) is 42.9 Å². The van der Waals surface area contributed by atoms with E-state index in [9.17, 15) is 0 Å². The topological polar surface area (TPSA) is 49.3 Å². The molecular formula is C22H44N4O2. The zero-order chi connectivity index (χ0) is 20.2. The Morgan fingerprint density at radius 1 is 1.21 bits per heavy atom. The van der Waals surface area contributed by atoms with Gasteiger partial charge in [-0.15, -0.1) is 0 Å². The molecule has 2 aliphatic heterocycles. The van der Waals surface area contributed by atoms with E-state index in [1.807, 2.05) is 0 Å². The standard InChI is InChI=1S/C22H44N4O2/c1-5-23-22(24-13-7-8-14-25(4)19(2)3)26-15-11-20(12-16-26)28-18-21-10-6-9-17-27-21/h19-21H,5-18H2,1-4H3,(H,23,24). The molecule has 0 aromatic carbocycles. The molecule has 2 saturated heterocycles. The van der Waals surface area contributed by atoms with E-state index in [0.717, 1.165) is 77.6 Å². The fourth-order valence-corrected chi connectivity index (χ4v) is 3.76. The number of unbranched alkanes of at least 4 members (excludes halogenated alkanes) is 1. The molecule has 1 N–H and O–H groups in total. The van der Waals surface area contributed by atoms with Crippen LogP contribution in [0.25, 0.3) is 0 Å². The fourth-order valence-electron chi connectivity index (χ4n) is 3.76. The van der Waals surface area contributed by atoms with Gasteiger partial charge in [-0.05, 0) is 79.3 Å². The molecular weight excluding hydrogens is 352 g/mol. The van der Waals surface area contributed by atoms with Crippen LogP contribution in [-0.2, 0) is 9.47 Å². The van der Waals surface area contributed by atoms with E-state index >= 15 is 0 Å². The van der Waals surface area contributed by atoms with E-state index < -0.39 is 0 Å². The van der Waals surface area contributed by atoms with Crippen molar-refractivity contribution in [3.8, 4) is 0 Å². The highest BCUT2D eigenvalue weighted by atomic mass is 16.5. The van der Waals surface area contributed by atoms with Crippen molar-refractivity contribution in [2.24, 2.45) is 4.99 Å². The third-order valence-electron chi connectivity index (χ3n) is 5.93. The molecule has 1 unspecified atom stereocenters. The molecule has 0 bridgehead atoms. The van der Waals surface area contributed by atoms with Gasteiger partial charge in [-0.25, -0.2) is 0 Å². The van der Waals surface area contributed by atoms with E-state index in [1.165, 1.54) is 19.3 Å². The predicted octanol–water partition coefficient (Wildman–Crippen LogP) is 3.12. The molecule has 164 valence electrons. The summed E-state index contributed by atoms with van der Waals surface area (Å²) in [5.74, 6) is 1.08. The number of aliphatic imine (C=N–C) groups is 1. The molecule has 0 spiro atoms. The highest BCUT2D eigenvalue weighted by Crippen LogP contribution is 2.18. The SMILES string of the molecule is CCNC(=NCCCCN(C)C(C)C)N1CCC(OCC2CCCCO2)CC1. The van der Waals surface area contributed by atoms with Crippen LogP contribution < -0.4 is 5.32 Å². The number of nitrogens with zero attached hydrogens (tertiary/aromatic N) is 3. The van der Waals surface area contributed by atoms with Gasteiger partial charge in [-0.1, -0.05) is 0 Å². The first-order valence-electron chi connectivity index (χ1n) is 11.6.